The fourth-order valence-electron chi connectivity index (χ4n) is 0.638. The van der Waals surface area contributed by atoms with Gasteiger partial charge in [0.15, 0.2) is 0 Å². The van der Waals surface area contributed by atoms with E-state index in [1.807, 2.05) is 6.92 Å². The molecule has 0 saturated carbocycles. The third-order valence-electron chi connectivity index (χ3n) is 0.997. The average molecular weight is 164 g/mol. The minimum Gasteiger partial charge on any atom is -0.476 e. The Balaban J connectivity index is 3.26. The second-order valence-electron chi connectivity index (χ2n) is 1.98. The summed E-state index contributed by atoms with van der Waals surface area (Å²) in [5, 5.41) is 0. The first-order valence-electron chi connectivity index (χ1n) is 3.06. The predicted molar refractivity (Wildman–Crippen MR) is 47.0 cm³/mol. The van der Waals surface area contributed by atoms with Gasteiger partial charge in [0.05, 0.1) is 6.10 Å². The minimum absolute atomic E-state index is 0.222. The molecule has 0 aromatic carbocycles. The molecule has 0 aliphatic carbocycles. The van der Waals surface area contributed by atoms with Crippen LogP contribution in [0.15, 0.2) is 0 Å². The van der Waals surface area contributed by atoms with Crippen LogP contribution in [0.1, 0.15) is 26.7 Å². The minimum atomic E-state index is 0.222. The molecule has 0 rings (SSSR count). The van der Waals surface area contributed by atoms with Crippen molar-refractivity contribution in [1.82, 2.24) is 0 Å². The maximum Gasteiger partial charge on any atom is 0.217 e. The Morgan fingerprint density at radius 3 is 2.67 bits per heavy atom. The molecule has 54 valence electrons. The van der Waals surface area contributed by atoms with E-state index in [1.54, 1.807) is 0 Å². The first kappa shape index (κ1) is 9.24. The smallest absolute Gasteiger partial charge is 0.217 e. The quantitative estimate of drug-likeness (QED) is 0.506. The Kier molecular flexibility index (Phi) is 5.19. The lowest BCUT2D eigenvalue weighted by atomic mass is 10.2. The van der Waals surface area contributed by atoms with Crippen LogP contribution < -0.4 is 0 Å². The molecule has 1 nitrogen and oxygen atoms in total. The van der Waals surface area contributed by atoms with E-state index in [-0.39, 0.29) is 6.10 Å². The van der Waals surface area contributed by atoms with Crippen LogP contribution in [0.25, 0.3) is 0 Å². The van der Waals surface area contributed by atoms with E-state index < -0.39 is 0 Å². The molecule has 0 heterocycles. The third kappa shape index (κ3) is 6.12. The predicted octanol–water partition coefficient (Wildman–Crippen LogP) is 2.41. The highest BCUT2D eigenvalue weighted by molar-refractivity contribution is 8.10. The van der Waals surface area contributed by atoms with E-state index in [2.05, 4.69) is 31.8 Å². The van der Waals surface area contributed by atoms with Gasteiger partial charge in [-0.3, -0.25) is 0 Å². The molecule has 0 aromatic rings. The normalized spacial score (nSPS) is 12.8. The zero-order valence-electron chi connectivity index (χ0n) is 5.76. The van der Waals surface area contributed by atoms with Crippen LogP contribution in [0.4, 0.5) is 0 Å². The molecule has 0 amide bonds. The Hall–Kier alpha value is 0.240. The van der Waals surface area contributed by atoms with E-state index in [9.17, 15) is 0 Å². The topological polar surface area (TPSA) is 9.23 Å². The second kappa shape index (κ2) is 5.06. The number of thiocarbonyl (C=S) groups is 1. The van der Waals surface area contributed by atoms with Gasteiger partial charge < -0.3 is 4.74 Å². The molecular weight excluding hydrogens is 152 g/mol. The Morgan fingerprint density at radius 2 is 2.33 bits per heavy atom. The van der Waals surface area contributed by atoms with Gasteiger partial charge in [0.25, 0.3) is 0 Å². The highest BCUT2D eigenvalue weighted by Crippen LogP contribution is 2.02. The maximum atomic E-state index is 5.09. The van der Waals surface area contributed by atoms with E-state index in [0.717, 1.165) is 12.8 Å². The van der Waals surface area contributed by atoms with Crippen molar-refractivity contribution < 1.29 is 4.74 Å². The molecule has 0 spiro atoms. The molecule has 9 heavy (non-hydrogen) atoms. The number of hydrogen-bond donors (Lipinski definition) is 1. The highest BCUT2D eigenvalue weighted by atomic mass is 32.1. The van der Waals surface area contributed by atoms with Gasteiger partial charge in [-0.15, -0.1) is 0 Å². The zero-order valence-corrected chi connectivity index (χ0v) is 7.47. The van der Waals surface area contributed by atoms with Gasteiger partial charge in [-0.25, -0.2) is 0 Å². The van der Waals surface area contributed by atoms with Crippen LogP contribution in [0.2, 0.25) is 0 Å². The first-order chi connectivity index (χ1) is 4.16. The van der Waals surface area contributed by atoms with Crippen LogP contribution in [-0.4, -0.2) is 10.5 Å². The summed E-state index contributed by atoms with van der Waals surface area (Å²) in [6.45, 7) is 4.10. The molecule has 1 atom stereocenters. The van der Waals surface area contributed by atoms with Crippen molar-refractivity contribution in [3.8, 4) is 0 Å². The summed E-state index contributed by atoms with van der Waals surface area (Å²) in [6, 6.07) is 0. The molecule has 0 aromatic heterocycles. The molecule has 0 saturated heterocycles. The van der Waals surface area contributed by atoms with E-state index in [1.165, 1.54) is 0 Å². The molecule has 0 radical (unpaired) electrons. The fourth-order valence-corrected chi connectivity index (χ4v) is 0.982. The van der Waals surface area contributed by atoms with Gasteiger partial charge in [-0.1, -0.05) is 26.0 Å². The number of ether oxygens (including phenoxy) is 1. The van der Waals surface area contributed by atoms with Crippen LogP contribution in [0.3, 0.4) is 0 Å². The van der Waals surface area contributed by atoms with Crippen molar-refractivity contribution in [2.45, 2.75) is 32.8 Å². The van der Waals surface area contributed by atoms with Gasteiger partial charge >= 0.3 is 0 Å². The summed E-state index contributed by atoms with van der Waals surface area (Å²) < 4.78 is 5.43. The van der Waals surface area contributed by atoms with Crippen LogP contribution in [0.5, 0.6) is 0 Å². The van der Waals surface area contributed by atoms with Crippen molar-refractivity contribution in [2.75, 3.05) is 0 Å². The van der Waals surface area contributed by atoms with Crippen LogP contribution >= 0.6 is 24.8 Å². The van der Waals surface area contributed by atoms with Gasteiger partial charge in [0, 0.05) is 0 Å². The lowest BCUT2D eigenvalue weighted by Gasteiger charge is -2.10. The molecular formula is C6H12OS2. The van der Waals surface area contributed by atoms with Crippen molar-refractivity contribution >= 4 is 29.2 Å². The van der Waals surface area contributed by atoms with Gasteiger partial charge in [0.2, 0.25) is 4.38 Å². The van der Waals surface area contributed by atoms with E-state index >= 15 is 0 Å². The molecule has 0 N–H and O–H groups in total. The molecule has 0 aliphatic heterocycles. The standard InChI is InChI=1S/C6H12OS2/c1-3-4-5(2)7-6(8)9/h5H,3-4H2,1-2H3,(H,8,9)/t5-/m0/s1. The maximum absolute atomic E-state index is 5.09. The average Bonchev–Trinajstić information content (AvgIpc) is 1.63. The van der Waals surface area contributed by atoms with Crippen molar-refractivity contribution in [1.29, 1.82) is 0 Å². The molecule has 0 fully saturated rings. The Morgan fingerprint density at radius 1 is 1.78 bits per heavy atom. The van der Waals surface area contributed by atoms with Crippen molar-refractivity contribution in [3.05, 3.63) is 0 Å². The molecule has 3 heteroatoms. The van der Waals surface area contributed by atoms with Crippen LogP contribution in [0, 0.1) is 0 Å². The fraction of sp³-hybridized carbons (Fsp3) is 0.833. The van der Waals surface area contributed by atoms with E-state index in [4.69, 9.17) is 4.74 Å². The Bertz CT molecular complexity index is 93.1. The lowest BCUT2D eigenvalue weighted by molar-refractivity contribution is 0.209. The van der Waals surface area contributed by atoms with Crippen molar-refractivity contribution in [2.24, 2.45) is 0 Å². The van der Waals surface area contributed by atoms with Gasteiger partial charge in [-0.05, 0) is 25.6 Å². The largest absolute Gasteiger partial charge is 0.476 e. The number of thiol groups is 1. The summed E-state index contributed by atoms with van der Waals surface area (Å²) in [6.07, 6.45) is 2.39. The summed E-state index contributed by atoms with van der Waals surface area (Å²) in [5.74, 6) is 0. The monoisotopic (exact) mass is 164 g/mol. The second-order valence-corrected chi connectivity index (χ2v) is 3.06. The first-order valence-corrected chi connectivity index (χ1v) is 3.92. The third-order valence-corrected chi connectivity index (χ3v) is 1.20. The molecule has 0 unspecified atom stereocenters. The Labute approximate surface area is 67.2 Å². The van der Waals surface area contributed by atoms with E-state index in [0.29, 0.717) is 4.38 Å². The van der Waals surface area contributed by atoms with Gasteiger partial charge in [0.1, 0.15) is 0 Å². The highest BCUT2D eigenvalue weighted by Gasteiger charge is 1.99. The summed E-state index contributed by atoms with van der Waals surface area (Å²) >= 11 is 8.47. The molecule has 0 bridgehead atoms. The van der Waals surface area contributed by atoms with Crippen molar-refractivity contribution in [3.63, 3.8) is 0 Å². The van der Waals surface area contributed by atoms with Crippen LogP contribution in [-0.2, 0) is 4.74 Å². The number of rotatable bonds is 3. The molecule has 0 aliphatic rings. The van der Waals surface area contributed by atoms with Gasteiger partial charge in [-0.2, -0.15) is 0 Å². The number of hydrogen-bond acceptors (Lipinski definition) is 2. The zero-order chi connectivity index (χ0) is 7.28. The summed E-state index contributed by atoms with van der Waals surface area (Å²) in [7, 11) is 0. The summed E-state index contributed by atoms with van der Waals surface area (Å²) in [4.78, 5) is 0. The summed E-state index contributed by atoms with van der Waals surface area (Å²) in [5.41, 5.74) is 0. The SMILES string of the molecule is CCC[C@H](C)OC(=S)S. The lowest BCUT2D eigenvalue weighted by Crippen LogP contribution is -2.08.